The van der Waals surface area contributed by atoms with E-state index >= 15 is 0 Å². The average molecular weight is 511 g/mol. The summed E-state index contributed by atoms with van der Waals surface area (Å²) >= 11 is 0. The van der Waals surface area contributed by atoms with E-state index < -0.39 is 23.4 Å². The summed E-state index contributed by atoms with van der Waals surface area (Å²) in [5, 5.41) is 0. The molecule has 0 radical (unpaired) electrons. The Labute approximate surface area is 216 Å². The van der Waals surface area contributed by atoms with E-state index in [-0.39, 0.29) is 28.5 Å². The first kappa shape index (κ1) is 26.8. The lowest BCUT2D eigenvalue weighted by Gasteiger charge is -2.27. The van der Waals surface area contributed by atoms with Crippen molar-refractivity contribution >= 4 is 5.97 Å². The van der Waals surface area contributed by atoms with Crippen molar-refractivity contribution in [1.29, 1.82) is 0 Å². The SMILES string of the molecule is CCCCCOc1ccc(C(=O)Oc2ccc(-c3ccc(C4CCC(C)CC4)c(F)c3F)cc2)cc1F. The second kappa shape index (κ2) is 12.3. The molecule has 0 spiro atoms. The van der Waals surface area contributed by atoms with E-state index in [1.165, 1.54) is 24.3 Å². The second-order valence-electron chi connectivity index (χ2n) is 9.90. The molecule has 0 bridgehead atoms. The van der Waals surface area contributed by atoms with Gasteiger partial charge < -0.3 is 9.47 Å². The molecule has 1 aliphatic carbocycles. The van der Waals surface area contributed by atoms with Gasteiger partial charge in [-0.2, -0.15) is 0 Å². The summed E-state index contributed by atoms with van der Waals surface area (Å²) in [6.07, 6.45) is 6.66. The van der Waals surface area contributed by atoms with Crippen molar-refractivity contribution in [3.8, 4) is 22.6 Å². The van der Waals surface area contributed by atoms with Gasteiger partial charge in [-0.1, -0.05) is 63.8 Å². The smallest absolute Gasteiger partial charge is 0.343 e. The first-order chi connectivity index (χ1) is 17.9. The fourth-order valence-electron chi connectivity index (χ4n) is 4.82. The molecule has 3 aromatic carbocycles. The Morgan fingerprint density at radius 2 is 1.62 bits per heavy atom. The van der Waals surface area contributed by atoms with Crippen molar-refractivity contribution in [3.05, 3.63) is 83.2 Å². The maximum atomic E-state index is 15.0. The third-order valence-electron chi connectivity index (χ3n) is 7.12. The zero-order chi connectivity index (χ0) is 26.4. The van der Waals surface area contributed by atoms with Crippen LogP contribution >= 0.6 is 0 Å². The maximum absolute atomic E-state index is 15.0. The summed E-state index contributed by atoms with van der Waals surface area (Å²) in [6.45, 7) is 4.67. The largest absolute Gasteiger partial charge is 0.491 e. The van der Waals surface area contributed by atoms with Crippen LogP contribution in [0.2, 0.25) is 0 Å². The lowest BCUT2D eigenvalue weighted by Crippen LogP contribution is -2.13. The van der Waals surface area contributed by atoms with Gasteiger partial charge in [0, 0.05) is 5.56 Å². The molecule has 0 aromatic heterocycles. The van der Waals surface area contributed by atoms with E-state index in [9.17, 15) is 18.0 Å². The number of rotatable bonds is 9. The molecule has 0 atom stereocenters. The standard InChI is InChI=1S/C31H33F3O3/c1-3-4-5-18-36-28-17-12-23(19-27(28)32)31(35)37-24-13-10-22(11-14-24)26-16-15-25(29(33)30(26)34)21-8-6-20(2)7-9-21/h10-17,19-21H,3-9,18H2,1-2H3. The second-order valence-corrected chi connectivity index (χ2v) is 9.90. The highest BCUT2D eigenvalue weighted by Gasteiger charge is 2.25. The number of halogens is 3. The van der Waals surface area contributed by atoms with Gasteiger partial charge in [0.2, 0.25) is 0 Å². The fourth-order valence-corrected chi connectivity index (χ4v) is 4.82. The van der Waals surface area contributed by atoms with E-state index in [0.717, 1.165) is 51.0 Å². The van der Waals surface area contributed by atoms with Crippen molar-refractivity contribution in [3.63, 3.8) is 0 Å². The van der Waals surface area contributed by atoms with Crippen LogP contribution in [0.15, 0.2) is 54.6 Å². The van der Waals surface area contributed by atoms with Crippen LogP contribution in [0.25, 0.3) is 11.1 Å². The quantitative estimate of drug-likeness (QED) is 0.164. The van der Waals surface area contributed by atoms with Crippen LogP contribution in [0.3, 0.4) is 0 Å². The van der Waals surface area contributed by atoms with Gasteiger partial charge in [-0.05, 0) is 72.6 Å². The summed E-state index contributed by atoms with van der Waals surface area (Å²) in [6, 6.07) is 13.4. The van der Waals surface area contributed by atoms with Gasteiger partial charge in [0.25, 0.3) is 0 Å². The Hall–Kier alpha value is -3.28. The van der Waals surface area contributed by atoms with E-state index in [2.05, 4.69) is 13.8 Å². The number of ether oxygens (including phenoxy) is 2. The van der Waals surface area contributed by atoms with Crippen LogP contribution in [0.5, 0.6) is 11.5 Å². The molecular formula is C31H33F3O3. The summed E-state index contributed by atoms with van der Waals surface area (Å²) < 4.78 is 55.0. The van der Waals surface area contributed by atoms with Crippen molar-refractivity contribution in [1.82, 2.24) is 0 Å². The first-order valence-corrected chi connectivity index (χ1v) is 13.1. The number of esters is 1. The summed E-state index contributed by atoms with van der Waals surface area (Å²) in [4.78, 5) is 12.5. The molecular weight excluding hydrogens is 477 g/mol. The average Bonchev–Trinajstić information content (AvgIpc) is 2.90. The highest BCUT2D eigenvalue weighted by molar-refractivity contribution is 5.91. The molecule has 0 saturated heterocycles. The Morgan fingerprint density at radius 1 is 0.892 bits per heavy atom. The summed E-state index contributed by atoms with van der Waals surface area (Å²) in [7, 11) is 0. The number of carbonyl (C=O) groups is 1. The van der Waals surface area contributed by atoms with E-state index in [1.54, 1.807) is 24.3 Å². The highest BCUT2D eigenvalue weighted by atomic mass is 19.2. The minimum atomic E-state index is -0.867. The number of benzene rings is 3. The van der Waals surface area contributed by atoms with Gasteiger partial charge in [0.1, 0.15) is 5.75 Å². The zero-order valence-corrected chi connectivity index (χ0v) is 21.4. The molecule has 0 N–H and O–H groups in total. The van der Waals surface area contributed by atoms with Gasteiger partial charge in [-0.15, -0.1) is 0 Å². The van der Waals surface area contributed by atoms with Crippen LogP contribution in [0.1, 0.15) is 80.6 Å². The van der Waals surface area contributed by atoms with Gasteiger partial charge in [0.15, 0.2) is 23.2 Å². The Bertz CT molecular complexity index is 1220. The molecule has 6 heteroatoms. The topological polar surface area (TPSA) is 35.5 Å². The molecule has 0 aliphatic heterocycles. The predicted octanol–water partition coefficient (Wildman–Crippen LogP) is 8.85. The predicted molar refractivity (Wildman–Crippen MR) is 139 cm³/mol. The molecule has 0 unspecified atom stereocenters. The molecule has 3 nitrogen and oxygen atoms in total. The molecule has 1 saturated carbocycles. The van der Waals surface area contributed by atoms with Gasteiger partial charge in [0.05, 0.1) is 12.2 Å². The number of hydrogen-bond acceptors (Lipinski definition) is 3. The summed E-state index contributed by atoms with van der Waals surface area (Å²) in [5.41, 5.74) is 1.11. The fraction of sp³-hybridized carbons (Fsp3) is 0.387. The Kier molecular flexibility index (Phi) is 8.91. The molecule has 1 aliphatic rings. The molecule has 0 heterocycles. The minimum absolute atomic E-state index is 0.0447. The van der Waals surface area contributed by atoms with Gasteiger partial charge >= 0.3 is 5.97 Å². The van der Waals surface area contributed by atoms with Crippen LogP contribution in [-0.2, 0) is 0 Å². The lowest BCUT2D eigenvalue weighted by molar-refractivity contribution is 0.0734. The van der Waals surface area contributed by atoms with Crippen LogP contribution in [-0.4, -0.2) is 12.6 Å². The van der Waals surface area contributed by atoms with Crippen LogP contribution < -0.4 is 9.47 Å². The third-order valence-corrected chi connectivity index (χ3v) is 7.12. The van der Waals surface area contributed by atoms with E-state index in [1.807, 2.05) is 0 Å². The van der Waals surface area contributed by atoms with Crippen molar-refractivity contribution in [2.24, 2.45) is 5.92 Å². The highest BCUT2D eigenvalue weighted by Crippen LogP contribution is 2.39. The molecule has 1 fully saturated rings. The Balaban J connectivity index is 1.41. The monoisotopic (exact) mass is 510 g/mol. The normalized spacial score (nSPS) is 17.4. The maximum Gasteiger partial charge on any atom is 0.343 e. The lowest BCUT2D eigenvalue weighted by atomic mass is 9.79. The molecule has 196 valence electrons. The van der Waals surface area contributed by atoms with Crippen molar-refractivity contribution in [2.75, 3.05) is 6.61 Å². The molecule has 3 aromatic rings. The third kappa shape index (κ3) is 6.54. The van der Waals surface area contributed by atoms with Crippen LogP contribution in [0, 0.1) is 23.4 Å². The minimum Gasteiger partial charge on any atom is -0.491 e. The summed E-state index contributed by atoms with van der Waals surface area (Å²) in [5.74, 6) is -2.03. The van der Waals surface area contributed by atoms with E-state index in [4.69, 9.17) is 9.47 Å². The van der Waals surface area contributed by atoms with Crippen molar-refractivity contribution in [2.45, 2.75) is 64.7 Å². The van der Waals surface area contributed by atoms with E-state index in [0.29, 0.717) is 23.7 Å². The van der Waals surface area contributed by atoms with Gasteiger partial charge in [-0.3, -0.25) is 0 Å². The number of carbonyl (C=O) groups excluding carboxylic acids is 1. The zero-order valence-electron chi connectivity index (χ0n) is 21.4. The molecule has 37 heavy (non-hydrogen) atoms. The molecule has 4 rings (SSSR count). The number of unbranched alkanes of at least 4 members (excludes halogenated alkanes) is 2. The van der Waals surface area contributed by atoms with Gasteiger partial charge in [-0.25, -0.2) is 18.0 Å². The van der Waals surface area contributed by atoms with Crippen LogP contribution in [0.4, 0.5) is 13.2 Å². The van der Waals surface area contributed by atoms with Crippen molar-refractivity contribution < 1.29 is 27.4 Å². The first-order valence-electron chi connectivity index (χ1n) is 13.1. The molecule has 0 amide bonds. The number of hydrogen-bond donors (Lipinski definition) is 0. The Morgan fingerprint density at radius 3 is 2.30 bits per heavy atom.